The van der Waals surface area contributed by atoms with Gasteiger partial charge in [0, 0.05) is 10.6 Å². The number of thioether (sulfide) groups is 1. The highest BCUT2D eigenvalue weighted by molar-refractivity contribution is 7.99. The van der Waals surface area contributed by atoms with Crippen molar-refractivity contribution in [3.63, 3.8) is 0 Å². The predicted octanol–water partition coefficient (Wildman–Crippen LogP) is 3.78. The molecule has 3 heteroatoms. The van der Waals surface area contributed by atoms with E-state index in [1.807, 2.05) is 0 Å². The Hall–Kier alpha value is -0.830. The zero-order valence-corrected chi connectivity index (χ0v) is 9.81. The molecule has 0 saturated heterocycles. The number of carbonyl (C=O) groups is 1. The first-order chi connectivity index (χ1) is 7.19. The molecule has 0 aliphatic carbocycles. The van der Waals surface area contributed by atoms with Crippen LogP contribution in [0.25, 0.3) is 0 Å². The molecule has 1 aromatic carbocycles. The second kappa shape index (κ2) is 5.91. The number of hydrogen-bond acceptors (Lipinski definition) is 2. The Morgan fingerprint density at radius 2 is 2.27 bits per heavy atom. The quantitative estimate of drug-likeness (QED) is 0.561. The summed E-state index contributed by atoms with van der Waals surface area (Å²) in [4.78, 5) is 11.5. The summed E-state index contributed by atoms with van der Waals surface area (Å²) in [6.07, 6.45) is 1.69. The molecule has 82 valence electrons. The van der Waals surface area contributed by atoms with Crippen LogP contribution < -0.4 is 0 Å². The van der Waals surface area contributed by atoms with Crippen molar-refractivity contribution in [2.24, 2.45) is 5.92 Å². The summed E-state index contributed by atoms with van der Waals surface area (Å²) in [7, 11) is 0. The molecule has 0 aromatic heterocycles. The summed E-state index contributed by atoms with van der Waals surface area (Å²) in [6, 6.07) is 4.75. The molecule has 0 bridgehead atoms. The van der Waals surface area contributed by atoms with Gasteiger partial charge in [0.1, 0.15) is 5.82 Å². The van der Waals surface area contributed by atoms with Gasteiger partial charge in [-0.1, -0.05) is 26.3 Å². The molecule has 0 amide bonds. The third-order valence-electron chi connectivity index (χ3n) is 2.35. The van der Waals surface area contributed by atoms with Crippen molar-refractivity contribution in [3.8, 4) is 0 Å². The van der Waals surface area contributed by atoms with Crippen molar-refractivity contribution >= 4 is 18.0 Å². The average molecular weight is 226 g/mol. The van der Waals surface area contributed by atoms with E-state index in [-0.39, 0.29) is 5.56 Å². The Morgan fingerprint density at radius 3 is 2.87 bits per heavy atom. The first-order valence-corrected chi connectivity index (χ1v) is 6.04. The Balaban J connectivity index is 2.76. The molecule has 1 nitrogen and oxygen atoms in total. The third-order valence-corrected chi connectivity index (χ3v) is 3.75. The summed E-state index contributed by atoms with van der Waals surface area (Å²) in [6.45, 7) is 4.27. The van der Waals surface area contributed by atoms with Crippen molar-refractivity contribution in [2.75, 3.05) is 5.75 Å². The van der Waals surface area contributed by atoms with Gasteiger partial charge in [-0.05, 0) is 18.1 Å². The maximum Gasteiger partial charge on any atom is 0.154 e. The smallest absolute Gasteiger partial charge is 0.154 e. The van der Waals surface area contributed by atoms with E-state index >= 15 is 0 Å². The van der Waals surface area contributed by atoms with Gasteiger partial charge in [-0.25, -0.2) is 4.39 Å². The van der Waals surface area contributed by atoms with E-state index in [1.54, 1.807) is 23.9 Å². The second-order valence-corrected chi connectivity index (χ2v) is 4.66. The molecule has 0 aliphatic rings. The zero-order chi connectivity index (χ0) is 11.3. The highest BCUT2D eigenvalue weighted by Gasteiger charge is 2.08. The molecule has 0 saturated carbocycles. The lowest BCUT2D eigenvalue weighted by molar-refractivity contribution is 0.111. The van der Waals surface area contributed by atoms with Crippen molar-refractivity contribution in [3.05, 3.63) is 29.6 Å². The van der Waals surface area contributed by atoms with Crippen LogP contribution in [0.5, 0.6) is 0 Å². The zero-order valence-electron chi connectivity index (χ0n) is 9.00. The number of carbonyl (C=O) groups excluding carboxylic acids is 1. The van der Waals surface area contributed by atoms with E-state index in [1.165, 1.54) is 6.07 Å². The van der Waals surface area contributed by atoms with E-state index in [4.69, 9.17) is 0 Å². The summed E-state index contributed by atoms with van der Waals surface area (Å²) in [5, 5.41) is 0. The van der Waals surface area contributed by atoms with E-state index in [0.29, 0.717) is 12.2 Å². The second-order valence-electron chi connectivity index (χ2n) is 3.59. The molecule has 1 rings (SSSR count). The minimum absolute atomic E-state index is 0.186. The van der Waals surface area contributed by atoms with Gasteiger partial charge in [-0.2, -0.15) is 0 Å². The van der Waals surface area contributed by atoms with E-state index in [2.05, 4.69) is 13.8 Å². The maximum absolute atomic E-state index is 13.2. The summed E-state index contributed by atoms with van der Waals surface area (Å²) in [5.74, 6) is 1.07. The van der Waals surface area contributed by atoms with Crippen LogP contribution in [0.1, 0.15) is 30.6 Å². The molecule has 0 N–H and O–H groups in total. The highest BCUT2D eigenvalue weighted by atomic mass is 32.2. The van der Waals surface area contributed by atoms with Crippen LogP contribution in [-0.4, -0.2) is 12.0 Å². The molecule has 1 unspecified atom stereocenters. The summed E-state index contributed by atoms with van der Waals surface area (Å²) in [5.41, 5.74) is 0.186. The molecule has 0 radical (unpaired) electrons. The van der Waals surface area contributed by atoms with Crippen LogP contribution in [0.15, 0.2) is 23.1 Å². The molecule has 0 heterocycles. The third kappa shape index (κ3) is 3.34. The van der Waals surface area contributed by atoms with Crippen LogP contribution in [0, 0.1) is 11.7 Å². The predicted molar refractivity (Wildman–Crippen MR) is 62.0 cm³/mol. The largest absolute Gasteiger partial charge is 0.298 e. The number of hydrogen-bond donors (Lipinski definition) is 0. The Labute approximate surface area is 94.1 Å². The maximum atomic E-state index is 13.2. The lowest BCUT2D eigenvalue weighted by Crippen LogP contribution is -1.97. The van der Waals surface area contributed by atoms with Gasteiger partial charge in [-0.15, -0.1) is 11.8 Å². The molecule has 0 aliphatic heterocycles. The van der Waals surface area contributed by atoms with E-state index in [0.717, 1.165) is 17.1 Å². The van der Waals surface area contributed by atoms with Gasteiger partial charge in [0.25, 0.3) is 0 Å². The number of aldehydes is 1. The van der Waals surface area contributed by atoms with Crippen LogP contribution in [0.4, 0.5) is 4.39 Å². The number of benzene rings is 1. The van der Waals surface area contributed by atoms with Crippen molar-refractivity contribution in [1.29, 1.82) is 0 Å². The molecular weight excluding hydrogens is 211 g/mol. The van der Waals surface area contributed by atoms with Crippen LogP contribution >= 0.6 is 11.8 Å². The molecule has 0 spiro atoms. The Morgan fingerprint density at radius 1 is 1.53 bits per heavy atom. The van der Waals surface area contributed by atoms with Gasteiger partial charge in [0.2, 0.25) is 0 Å². The molecule has 1 atom stereocenters. The van der Waals surface area contributed by atoms with Gasteiger partial charge >= 0.3 is 0 Å². The van der Waals surface area contributed by atoms with Gasteiger partial charge in [0.05, 0.1) is 5.56 Å². The molecule has 0 fully saturated rings. The molecule has 1 aromatic rings. The fourth-order valence-corrected chi connectivity index (χ4v) is 2.28. The topological polar surface area (TPSA) is 17.1 Å². The fourth-order valence-electron chi connectivity index (χ4n) is 1.11. The van der Waals surface area contributed by atoms with Crippen molar-refractivity contribution in [2.45, 2.75) is 25.2 Å². The van der Waals surface area contributed by atoms with E-state index in [9.17, 15) is 9.18 Å². The minimum Gasteiger partial charge on any atom is -0.298 e. The monoisotopic (exact) mass is 226 g/mol. The molecule has 15 heavy (non-hydrogen) atoms. The normalized spacial score (nSPS) is 12.5. The SMILES string of the molecule is CCC(C)CSc1cccc(F)c1C=O. The van der Waals surface area contributed by atoms with Crippen molar-refractivity contribution < 1.29 is 9.18 Å². The molecular formula is C12H15FOS. The summed E-state index contributed by atoms with van der Waals surface area (Å²) >= 11 is 1.55. The van der Waals surface area contributed by atoms with Crippen LogP contribution in [0.2, 0.25) is 0 Å². The van der Waals surface area contributed by atoms with Gasteiger partial charge < -0.3 is 0 Å². The lowest BCUT2D eigenvalue weighted by Gasteiger charge is -2.09. The van der Waals surface area contributed by atoms with Gasteiger partial charge in [0.15, 0.2) is 6.29 Å². The fraction of sp³-hybridized carbons (Fsp3) is 0.417. The Bertz CT molecular complexity index is 338. The van der Waals surface area contributed by atoms with Crippen LogP contribution in [-0.2, 0) is 0 Å². The summed E-state index contributed by atoms with van der Waals surface area (Å²) < 4.78 is 13.2. The lowest BCUT2D eigenvalue weighted by atomic mass is 10.2. The standard InChI is InChI=1S/C12H15FOS/c1-3-9(2)8-15-12-6-4-5-11(13)10(12)7-14/h4-7,9H,3,8H2,1-2H3. The number of halogens is 1. The number of rotatable bonds is 5. The van der Waals surface area contributed by atoms with E-state index < -0.39 is 5.82 Å². The minimum atomic E-state index is -0.431. The Kier molecular flexibility index (Phi) is 4.82. The van der Waals surface area contributed by atoms with Crippen molar-refractivity contribution in [1.82, 2.24) is 0 Å². The van der Waals surface area contributed by atoms with Gasteiger partial charge in [-0.3, -0.25) is 4.79 Å². The first kappa shape index (κ1) is 12.2. The van der Waals surface area contributed by atoms with Crippen LogP contribution in [0.3, 0.4) is 0 Å². The highest BCUT2D eigenvalue weighted by Crippen LogP contribution is 2.26. The average Bonchev–Trinajstić information content (AvgIpc) is 2.25. The first-order valence-electron chi connectivity index (χ1n) is 5.05.